The Kier molecular flexibility index (Phi) is 5.81. The fourth-order valence-electron chi connectivity index (χ4n) is 3.20. The fourth-order valence-corrected chi connectivity index (χ4v) is 3.20. The molecule has 0 unspecified atom stereocenters. The van der Waals surface area contributed by atoms with E-state index >= 15 is 0 Å². The van der Waals surface area contributed by atoms with Gasteiger partial charge in [0.15, 0.2) is 28.8 Å². The van der Waals surface area contributed by atoms with Crippen LogP contribution in [0.25, 0.3) is 22.3 Å². The average Bonchev–Trinajstić information content (AvgIpc) is 2.78. The van der Waals surface area contributed by atoms with Crippen LogP contribution in [0.3, 0.4) is 0 Å². The van der Waals surface area contributed by atoms with Gasteiger partial charge in [0, 0.05) is 12.1 Å². The van der Waals surface area contributed by atoms with E-state index in [0.717, 1.165) is 0 Å². The van der Waals surface area contributed by atoms with E-state index in [9.17, 15) is 9.90 Å². The summed E-state index contributed by atoms with van der Waals surface area (Å²) in [4.78, 5) is 13.1. The molecule has 0 saturated heterocycles. The molecule has 0 saturated carbocycles. The average molecular weight is 418 g/mol. The number of hydrogen-bond donors (Lipinski definition) is 1. The highest BCUT2D eigenvalue weighted by Crippen LogP contribution is 2.46. The zero-order valence-electron chi connectivity index (χ0n) is 17.4. The van der Waals surface area contributed by atoms with Crippen molar-refractivity contribution in [2.24, 2.45) is 0 Å². The predicted octanol–water partition coefficient (Wildman–Crippen LogP) is 3.22. The number of aromatic hydroxyl groups is 1. The van der Waals surface area contributed by atoms with Crippen molar-refractivity contribution >= 4 is 11.0 Å². The molecule has 2 aromatic carbocycles. The molecular weight excluding hydrogens is 396 g/mol. The molecule has 1 N–H and O–H groups in total. The van der Waals surface area contributed by atoms with Crippen molar-refractivity contribution in [1.82, 2.24) is 0 Å². The maximum absolute atomic E-state index is 13.1. The minimum Gasteiger partial charge on any atom is -0.502 e. The van der Waals surface area contributed by atoms with Crippen LogP contribution in [0.1, 0.15) is 0 Å². The van der Waals surface area contributed by atoms with E-state index < -0.39 is 11.2 Å². The SMILES string of the molecule is COc1cc(OC)c(-c2oc3cc(OC)c(OC)c(OC)c3c(=O)c2O)cc1OC. The standard InChI is InChI=1S/C21H22O9/c1-24-11-8-13(26-3)12(25-2)7-10(11)19-18(23)17(22)16-14(30-19)9-15(27-4)20(28-5)21(16)29-6/h7-9,23H,1-6H3. The summed E-state index contributed by atoms with van der Waals surface area (Å²) in [5, 5.41) is 10.7. The molecule has 9 nitrogen and oxygen atoms in total. The van der Waals surface area contributed by atoms with Gasteiger partial charge in [-0.3, -0.25) is 4.79 Å². The molecule has 3 rings (SSSR count). The van der Waals surface area contributed by atoms with Crippen LogP contribution in [0.4, 0.5) is 0 Å². The van der Waals surface area contributed by atoms with E-state index in [1.54, 1.807) is 12.1 Å². The van der Waals surface area contributed by atoms with E-state index in [0.29, 0.717) is 28.6 Å². The molecule has 3 aromatic rings. The highest BCUT2D eigenvalue weighted by atomic mass is 16.5. The largest absolute Gasteiger partial charge is 0.502 e. The molecule has 30 heavy (non-hydrogen) atoms. The highest BCUT2D eigenvalue weighted by Gasteiger charge is 2.26. The van der Waals surface area contributed by atoms with E-state index in [4.69, 9.17) is 32.8 Å². The van der Waals surface area contributed by atoms with E-state index in [1.165, 1.54) is 48.7 Å². The maximum Gasteiger partial charge on any atom is 0.238 e. The molecule has 0 amide bonds. The summed E-state index contributed by atoms with van der Waals surface area (Å²) in [7, 11) is 8.62. The Morgan fingerprint density at radius 3 is 1.80 bits per heavy atom. The molecule has 0 radical (unpaired) electrons. The lowest BCUT2D eigenvalue weighted by atomic mass is 10.1. The smallest absolute Gasteiger partial charge is 0.238 e. The van der Waals surface area contributed by atoms with Crippen molar-refractivity contribution in [3.8, 4) is 51.6 Å². The molecule has 0 bridgehead atoms. The minimum atomic E-state index is -0.708. The number of hydrogen-bond acceptors (Lipinski definition) is 9. The molecular formula is C21H22O9. The second kappa shape index (κ2) is 8.32. The monoisotopic (exact) mass is 418 g/mol. The summed E-state index contributed by atoms with van der Waals surface area (Å²) in [5.74, 6) is 0.920. The van der Waals surface area contributed by atoms with Crippen LogP contribution in [-0.4, -0.2) is 47.8 Å². The zero-order valence-corrected chi connectivity index (χ0v) is 17.4. The molecule has 160 valence electrons. The van der Waals surface area contributed by atoms with E-state index in [1.807, 2.05) is 0 Å². The summed E-state index contributed by atoms with van der Waals surface area (Å²) in [6.45, 7) is 0. The molecule has 0 atom stereocenters. The first-order valence-electron chi connectivity index (χ1n) is 8.74. The number of methoxy groups -OCH3 is 6. The van der Waals surface area contributed by atoms with Crippen LogP contribution >= 0.6 is 0 Å². The lowest BCUT2D eigenvalue weighted by Crippen LogP contribution is -2.07. The summed E-state index contributed by atoms with van der Waals surface area (Å²) < 4.78 is 37.9. The van der Waals surface area contributed by atoms with Crippen molar-refractivity contribution in [3.05, 3.63) is 28.4 Å². The van der Waals surface area contributed by atoms with Crippen LogP contribution in [0, 0.1) is 0 Å². The Morgan fingerprint density at radius 2 is 1.27 bits per heavy atom. The molecule has 0 aliphatic heterocycles. The van der Waals surface area contributed by atoms with Gasteiger partial charge >= 0.3 is 0 Å². The maximum atomic E-state index is 13.1. The van der Waals surface area contributed by atoms with Crippen molar-refractivity contribution in [3.63, 3.8) is 0 Å². The lowest BCUT2D eigenvalue weighted by Gasteiger charge is -2.16. The Balaban J connectivity index is 2.42. The van der Waals surface area contributed by atoms with Gasteiger partial charge in [-0.05, 0) is 6.07 Å². The highest BCUT2D eigenvalue weighted by molar-refractivity contribution is 5.92. The molecule has 1 heterocycles. The third kappa shape index (κ3) is 3.18. The predicted molar refractivity (Wildman–Crippen MR) is 109 cm³/mol. The first-order valence-corrected chi connectivity index (χ1v) is 8.74. The minimum absolute atomic E-state index is 0.0100. The third-order valence-corrected chi connectivity index (χ3v) is 4.61. The summed E-state index contributed by atoms with van der Waals surface area (Å²) in [5.41, 5.74) is -0.291. The number of ether oxygens (including phenoxy) is 6. The van der Waals surface area contributed by atoms with E-state index in [2.05, 4.69) is 0 Å². The summed E-state index contributed by atoms with van der Waals surface area (Å²) in [6, 6.07) is 4.58. The van der Waals surface area contributed by atoms with Gasteiger partial charge in [0.05, 0.1) is 48.2 Å². The van der Waals surface area contributed by atoms with Gasteiger partial charge in [-0.15, -0.1) is 0 Å². The first kappa shape index (κ1) is 21.0. The fraction of sp³-hybridized carbons (Fsp3) is 0.286. The second-order valence-corrected chi connectivity index (χ2v) is 6.03. The van der Waals surface area contributed by atoms with E-state index in [-0.39, 0.29) is 28.2 Å². The molecule has 0 spiro atoms. The van der Waals surface area contributed by atoms with Crippen molar-refractivity contribution < 1.29 is 37.9 Å². The molecule has 0 aliphatic carbocycles. The first-order chi connectivity index (χ1) is 14.4. The molecule has 1 aromatic heterocycles. The molecule has 0 fully saturated rings. The van der Waals surface area contributed by atoms with Gasteiger partial charge in [-0.1, -0.05) is 0 Å². The van der Waals surface area contributed by atoms with Gasteiger partial charge in [-0.2, -0.15) is 0 Å². The van der Waals surface area contributed by atoms with Crippen LogP contribution in [-0.2, 0) is 0 Å². The zero-order chi connectivity index (χ0) is 22.0. The van der Waals surface area contributed by atoms with Crippen molar-refractivity contribution in [2.45, 2.75) is 0 Å². The van der Waals surface area contributed by atoms with Crippen LogP contribution in [0.5, 0.6) is 40.2 Å². The second-order valence-electron chi connectivity index (χ2n) is 6.03. The summed E-state index contributed by atoms with van der Waals surface area (Å²) in [6.07, 6.45) is 0. The quantitative estimate of drug-likeness (QED) is 0.619. The van der Waals surface area contributed by atoms with Gasteiger partial charge in [0.1, 0.15) is 16.7 Å². The Morgan fingerprint density at radius 1 is 0.700 bits per heavy atom. The number of fused-ring (bicyclic) bond motifs is 1. The number of benzene rings is 2. The molecule has 0 aliphatic rings. The van der Waals surface area contributed by atoms with Crippen molar-refractivity contribution in [2.75, 3.05) is 42.7 Å². The third-order valence-electron chi connectivity index (χ3n) is 4.61. The topological polar surface area (TPSA) is 106 Å². The van der Waals surface area contributed by atoms with Crippen molar-refractivity contribution in [1.29, 1.82) is 0 Å². The Bertz CT molecular complexity index is 1150. The normalized spacial score (nSPS) is 10.6. The Hall–Kier alpha value is -3.75. The van der Waals surface area contributed by atoms with Crippen LogP contribution < -0.4 is 33.8 Å². The van der Waals surface area contributed by atoms with Gasteiger partial charge in [0.25, 0.3) is 0 Å². The Labute approximate surface area is 172 Å². The van der Waals surface area contributed by atoms with Crippen LogP contribution in [0.2, 0.25) is 0 Å². The molecule has 9 heteroatoms. The summed E-state index contributed by atoms with van der Waals surface area (Å²) >= 11 is 0. The van der Waals surface area contributed by atoms with Gasteiger partial charge in [0.2, 0.25) is 16.9 Å². The van der Waals surface area contributed by atoms with Gasteiger partial charge in [-0.25, -0.2) is 0 Å². The number of rotatable bonds is 7. The van der Waals surface area contributed by atoms with Gasteiger partial charge < -0.3 is 37.9 Å². The van der Waals surface area contributed by atoms with Crippen LogP contribution in [0.15, 0.2) is 27.4 Å². The lowest BCUT2D eigenvalue weighted by molar-refractivity contribution is 0.326.